The van der Waals surface area contributed by atoms with E-state index in [4.69, 9.17) is 9.47 Å². The Morgan fingerprint density at radius 3 is 2.86 bits per heavy atom. The molecule has 21 heavy (non-hydrogen) atoms. The highest BCUT2D eigenvalue weighted by molar-refractivity contribution is 5.76. The van der Waals surface area contributed by atoms with Crippen LogP contribution in [0.3, 0.4) is 0 Å². The predicted molar refractivity (Wildman–Crippen MR) is 70.8 cm³/mol. The molecule has 1 aliphatic heterocycles. The third-order valence-corrected chi connectivity index (χ3v) is 3.34. The summed E-state index contributed by atoms with van der Waals surface area (Å²) >= 11 is 0. The standard InChI is InChI=1S/C14H14N2O5/c17-10-6-7-11-12(10)16(15-13(18)21-11)14(19)20-8-9-4-2-1-3-5-9/h1-7,10-12,17H,8H2,(H,15,18)/t10-,11-,12+/m0/s1. The summed E-state index contributed by atoms with van der Waals surface area (Å²) in [5.41, 5.74) is 3.08. The highest BCUT2D eigenvalue weighted by Crippen LogP contribution is 2.24. The van der Waals surface area contributed by atoms with Gasteiger partial charge in [0, 0.05) is 0 Å². The van der Waals surface area contributed by atoms with Crippen molar-refractivity contribution >= 4 is 12.2 Å². The minimum absolute atomic E-state index is 0.0772. The first-order valence-corrected chi connectivity index (χ1v) is 6.49. The molecule has 1 aromatic rings. The number of aliphatic hydroxyl groups is 1. The van der Waals surface area contributed by atoms with Crippen LogP contribution in [0.2, 0.25) is 0 Å². The number of benzene rings is 1. The fraction of sp³-hybridized carbons (Fsp3) is 0.286. The lowest BCUT2D eigenvalue weighted by Gasteiger charge is -2.37. The Balaban J connectivity index is 1.67. The van der Waals surface area contributed by atoms with E-state index in [1.807, 2.05) is 30.3 Å². The van der Waals surface area contributed by atoms with Crippen molar-refractivity contribution in [1.82, 2.24) is 10.4 Å². The van der Waals surface area contributed by atoms with Crippen LogP contribution >= 0.6 is 0 Å². The van der Waals surface area contributed by atoms with Crippen molar-refractivity contribution in [1.29, 1.82) is 0 Å². The summed E-state index contributed by atoms with van der Waals surface area (Å²) in [6.07, 6.45) is -0.0589. The lowest BCUT2D eigenvalue weighted by Crippen LogP contribution is -2.63. The van der Waals surface area contributed by atoms with Gasteiger partial charge in [-0.1, -0.05) is 36.4 Å². The molecule has 1 fully saturated rings. The second-order valence-electron chi connectivity index (χ2n) is 4.76. The second kappa shape index (κ2) is 5.45. The van der Waals surface area contributed by atoms with Gasteiger partial charge in [-0.25, -0.2) is 20.0 Å². The maximum absolute atomic E-state index is 12.1. The van der Waals surface area contributed by atoms with Crippen LogP contribution in [0.15, 0.2) is 42.5 Å². The van der Waals surface area contributed by atoms with Crippen molar-refractivity contribution < 1.29 is 24.2 Å². The predicted octanol–water partition coefficient (Wildman–Crippen LogP) is 0.948. The molecule has 2 N–H and O–H groups in total. The molecule has 1 saturated heterocycles. The quantitative estimate of drug-likeness (QED) is 0.792. The molecule has 0 spiro atoms. The number of amides is 2. The van der Waals surface area contributed by atoms with Crippen molar-refractivity contribution in [3.63, 3.8) is 0 Å². The van der Waals surface area contributed by atoms with E-state index in [0.29, 0.717) is 0 Å². The van der Waals surface area contributed by atoms with Crippen LogP contribution in [0.4, 0.5) is 9.59 Å². The minimum Gasteiger partial charge on any atom is -0.443 e. The van der Waals surface area contributed by atoms with Crippen molar-refractivity contribution in [2.45, 2.75) is 24.9 Å². The van der Waals surface area contributed by atoms with Crippen LogP contribution in [0.1, 0.15) is 5.56 Å². The van der Waals surface area contributed by atoms with E-state index in [0.717, 1.165) is 10.6 Å². The SMILES string of the molecule is O=C1NN(C(=O)OCc2ccccc2)[C@H]2[C@H](C=C[C@@H]2O)O1. The molecular weight excluding hydrogens is 276 g/mol. The van der Waals surface area contributed by atoms with Gasteiger partial charge >= 0.3 is 12.2 Å². The number of carbonyl (C=O) groups is 2. The molecule has 3 rings (SSSR count). The zero-order chi connectivity index (χ0) is 14.8. The van der Waals surface area contributed by atoms with E-state index >= 15 is 0 Å². The minimum atomic E-state index is -0.917. The van der Waals surface area contributed by atoms with Gasteiger partial charge in [0.2, 0.25) is 0 Å². The van der Waals surface area contributed by atoms with Gasteiger partial charge in [-0.3, -0.25) is 0 Å². The summed E-state index contributed by atoms with van der Waals surface area (Å²) in [5.74, 6) is 0. The first-order valence-electron chi connectivity index (χ1n) is 6.49. The molecule has 0 aromatic heterocycles. The van der Waals surface area contributed by atoms with Crippen LogP contribution < -0.4 is 5.43 Å². The number of aliphatic hydroxyl groups excluding tert-OH is 1. The van der Waals surface area contributed by atoms with E-state index in [1.54, 1.807) is 6.08 Å². The van der Waals surface area contributed by atoms with Gasteiger partial charge in [0.1, 0.15) is 18.8 Å². The van der Waals surface area contributed by atoms with Gasteiger partial charge in [-0.15, -0.1) is 0 Å². The highest BCUT2D eigenvalue weighted by Gasteiger charge is 2.45. The molecule has 0 radical (unpaired) electrons. The van der Waals surface area contributed by atoms with Crippen LogP contribution in [0.25, 0.3) is 0 Å². The van der Waals surface area contributed by atoms with Crippen LogP contribution in [0.5, 0.6) is 0 Å². The number of nitrogens with one attached hydrogen (secondary N) is 1. The van der Waals surface area contributed by atoms with Gasteiger partial charge in [-0.2, -0.15) is 0 Å². The Morgan fingerprint density at radius 2 is 2.10 bits per heavy atom. The summed E-state index contributed by atoms with van der Waals surface area (Å²) in [7, 11) is 0. The Hall–Kier alpha value is -2.54. The molecule has 1 aliphatic carbocycles. The number of fused-ring (bicyclic) bond motifs is 1. The van der Waals surface area contributed by atoms with Crippen molar-refractivity contribution in [2.75, 3.05) is 0 Å². The number of hydrogen-bond donors (Lipinski definition) is 2. The third-order valence-electron chi connectivity index (χ3n) is 3.34. The number of carbonyl (C=O) groups excluding carboxylic acids is 2. The maximum atomic E-state index is 12.1. The van der Waals surface area contributed by atoms with E-state index in [-0.39, 0.29) is 6.61 Å². The summed E-state index contributed by atoms with van der Waals surface area (Å²) in [4.78, 5) is 23.5. The average molecular weight is 290 g/mol. The molecule has 0 unspecified atom stereocenters. The Bertz CT molecular complexity index is 574. The molecule has 2 aliphatic rings. The van der Waals surface area contributed by atoms with Gasteiger partial charge in [0.15, 0.2) is 0 Å². The lowest BCUT2D eigenvalue weighted by molar-refractivity contribution is -0.0474. The number of nitrogens with zero attached hydrogens (tertiary/aromatic N) is 1. The summed E-state index contributed by atoms with van der Waals surface area (Å²) in [6, 6.07) is 8.45. The van der Waals surface area contributed by atoms with Gasteiger partial charge in [0.05, 0.1) is 6.10 Å². The molecule has 0 saturated carbocycles. The molecule has 7 heteroatoms. The van der Waals surface area contributed by atoms with E-state index in [9.17, 15) is 14.7 Å². The second-order valence-corrected chi connectivity index (χ2v) is 4.76. The largest absolute Gasteiger partial charge is 0.443 e. The number of hydrazine groups is 1. The topological polar surface area (TPSA) is 88.1 Å². The monoisotopic (exact) mass is 290 g/mol. The molecule has 7 nitrogen and oxygen atoms in total. The fourth-order valence-electron chi connectivity index (χ4n) is 2.33. The Labute approximate surface area is 120 Å². The summed E-state index contributed by atoms with van der Waals surface area (Å²) in [6.45, 7) is 0.0772. The zero-order valence-electron chi connectivity index (χ0n) is 11.0. The van der Waals surface area contributed by atoms with E-state index < -0.39 is 30.4 Å². The summed E-state index contributed by atoms with van der Waals surface area (Å²) in [5, 5.41) is 10.8. The van der Waals surface area contributed by atoms with Crippen molar-refractivity contribution in [2.24, 2.45) is 0 Å². The molecule has 1 aromatic carbocycles. The van der Waals surface area contributed by atoms with Crippen LogP contribution in [0, 0.1) is 0 Å². The highest BCUT2D eigenvalue weighted by atomic mass is 16.6. The number of rotatable bonds is 2. The van der Waals surface area contributed by atoms with Gasteiger partial charge in [0.25, 0.3) is 0 Å². The first-order chi connectivity index (χ1) is 10.1. The first kappa shape index (κ1) is 13.4. The van der Waals surface area contributed by atoms with Crippen LogP contribution in [-0.4, -0.2) is 40.6 Å². The number of ether oxygens (including phenoxy) is 2. The maximum Gasteiger partial charge on any atom is 0.429 e. The van der Waals surface area contributed by atoms with Crippen molar-refractivity contribution in [3.8, 4) is 0 Å². The fourth-order valence-corrected chi connectivity index (χ4v) is 2.33. The van der Waals surface area contributed by atoms with Gasteiger partial charge < -0.3 is 14.6 Å². The smallest absolute Gasteiger partial charge is 0.429 e. The lowest BCUT2D eigenvalue weighted by atomic mass is 10.1. The van der Waals surface area contributed by atoms with Crippen LogP contribution in [-0.2, 0) is 16.1 Å². The molecule has 2 amide bonds. The number of hydrogen-bond acceptors (Lipinski definition) is 5. The summed E-state index contributed by atoms with van der Waals surface area (Å²) < 4.78 is 10.1. The molecular formula is C14H14N2O5. The van der Waals surface area contributed by atoms with E-state index in [2.05, 4.69) is 5.43 Å². The molecule has 3 atom stereocenters. The normalized spacial score (nSPS) is 26.8. The zero-order valence-corrected chi connectivity index (χ0v) is 11.0. The molecule has 1 heterocycles. The third kappa shape index (κ3) is 2.68. The average Bonchev–Trinajstić information content (AvgIpc) is 2.86. The van der Waals surface area contributed by atoms with Gasteiger partial charge in [-0.05, 0) is 11.6 Å². The molecule has 110 valence electrons. The van der Waals surface area contributed by atoms with Crippen molar-refractivity contribution in [3.05, 3.63) is 48.0 Å². The van der Waals surface area contributed by atoms with E-state index in [1.165, 1.54) is 6.08 Å². The Kier molecular flexibility index (Phi) is 3.49. The Morgan fingerprint density at radius 1 is 1.33 bits per heavy atom. The molecule has 0 bridgehead atoms.